The van der Waals surface area contributed by atoms with Crippen LogP contribution in [0.1, 0.15) is 29.8 Å². The Hall–Kier alpha value is -1.84. The van der Waals surface area contributed by atoms with Crippen molar-refractivity contribution in [2.24, 2.45) is 0 Å². The summed E-state index contributed by atoms with van der Waals surface area (Å²) in [6, 6.07) is 9.06. The van der Waals surface area contributed by atoms with Gasteiger partial charge in [-0.25, -0.2) is 0 Å². The van der Waals surface area contributed by atoms with E-state index in [9.17, 15) is 0 Å². The molecule has 1 heterocycles. The largest absolute Gasteiger partial charge is 0.338 e. The second-order valence-corrected chi connectivity index (χ2v) is 4.36. The van der Waals surface area contributed by atoms with Gasteiger partial charge >= 0.3 is 6.01 Å². The number of nitrogens with zero attached hydrogens (tertiary/aromatic N) is 2. The molecule has 0 spiro atoms. The molecular weight excluding hydrogens is 214 g/mol. The predicted octanol–water partition coefficient (Wildman–Crippen LogP) is 2.38. The molecule has 17 heavy (non-hydrogen) atoms. The highest BCUT2D eigenvalue weighted by Gasteiger charge is 2.26. The molecule has 3 rings (SSSR count). The summed E-state index contributed by atoms with van der Waals surface area (Å²) in [6.07, 6.45) is 2.03. The molecule has 0 unspecified atom stereocenters. The van der Waals surface area contributed by atoms with E-state index in [-0.39, 0.29) is 0 Å². The van der Waals surface area contributed by atoms with E-state index in [1.165, 1.54) is 11.1 Å². The van der Waals surface area contributed by atoms with Crippen LogP contribution in [0.5, 0.6) is 0 Å². The lowest BCUT2D eigenvalue weighted by molar-refractivity contribution is 0.417. The number of hydrogen-bond donors (Lipinski definition) is 1. The zero-order valence-electron chi connectivity index (χ0n) is 9.81. The summed E-state index contributed by atoms with van der Waals surface area (Å²) in [5.74, 6) is 1.18. The van der Waals surface area contributed by atoms with Crippen molar-refractivity contribution in [2.45, 2.75) is 25.7 Å². The number of aromatic nitrogens is 2. The van der Waals surface area contributed by atoms with Crippen LogP contribution in [0.2, 0.25) is 0 Å². The molecule has 1 N–H and O–H groups in total. The minimum Gasteiger partial charge on any atom is -0.338 e. The number of hydrogen-bond acceptors (Lipinski definition) is 4. The second-order valence-electron chi connectivity index (χ2n) is 4.36. The summed E-state index contributed by atoms with van der Waals surface area (Å²) in [5, 5.41) is 7.08. The minimum absolute atomic E-state index is 0.364. The van der Waals surface area contributed by atoms with Gasteiger partial charge < -0.3 is 9.84 Å². The van der Waals surface area contributed by atoms with Crippen LogP contribution in [0.3, 0.4) is 0 Å². The van der Waals surface area contributed by atoms with Crippen LogP contribution < -0.4 is 5.32 Å². The SMILES string of the molecule is CCNc1nc(C2Cc3ccccc3C2)no1. The van der Waals surface area contributed by atoms with Gasteiger partial charge in [0.15, 0.2) is 5.82 Å². The normalized spacial score (nSPS) is 14.9. The van der Waals surface area contributed by atoms with Gasteiger partial charge in [0.1, 0.15) is 0 Å². The Morgan fingerprint density at radius 3 is 2.65 bits per heavy atom. The number of nitrogens with one attached hydrogen (secondary N) is 1. The van der Waals surface area contributed by atoms with Crippen LogP contribution in [0.25, 0.3) is 0 Å². The average Bonchev–Trinajstić information content (AvgIpc) is 2.94. The van der Waals surface area contributed by atoms with Gasteiger partial charge in [-0.2, -0.15) is 4.98 Å². The molecule has 0 saturated heterocycles. The summed E-state index contributed by atoms with van der Waals surface area (Å²) in [7, 11) is 0. The Labute approximate surface area is 100 Å². The van der Waals surface area contributed by atoms with Gasteiger partial charge in [-0.05, 0) is 30.9 Å². The minimum atomic E-state index is 0.364. The van der Waals surface area contributed by atoms with Gasteiger partial charge in [0.2, 0.25) is 0 Å². The summed E-state index contributed by atoms with van der Waals surface area (Å²) in [5.41, 5.74) is 2.82. The number of benzene rings is 1. The van der Waals surface area contributed by atoms with Crippen LogP contribution >= 0.6 is 0 Å². The Kier molecular flexibility index (Phi) is 2.55. The molecule has 0 bridgehead atoms. The lowest BCUT2D eigenvalue weighted by atomic mass is 10.1. The van der Waals surface area contributed by atoms with Crippen LogP contribution in [-0.2, 0) is 12.8 Å². The standard InChI is InChI=1S/C13H15N3O/c1-2-14-13-15-12(16-17-13)11-7-9-5-3-4-6-10(9)8-11/h3-6,11H,2,7-8H2,1H3,(H,14,15,16). The molecule has 0 saturated carbocycles. The number of fused-ring (bicyclic) bond motifs is 1. The number of rotatable bonds is 3. The molecule has 0 aliphatic heterocycles. The van der Waals surface area contributed by atoms with Crippen molar-refractivity contribution < 1.29 is 4.52 Å². The third-order valence-corrected chi connectivity index (χ3v) is 3.19. The van der Waals surface area contributed by atoms with Crippen LogP contribution in [0.4, 0.5) is 6.01 Å². The highest BCUT2D eigenvalue weighted by molar-refractivity contribution is 5.35. The van der Waals surface area contributed by atoms with Crippen molar-refractivity contribution >= 4 is 6.01 Å². The summed E-state index contributed by atoms with van der Waals surface area (Å²) in [6.45, 7) is 2.81. The van der Waals surface area contributed by atoms with E-state index in [4.69, 9.17) is 4.52 Å². The maximum atomic E-state index is 5.14. The molecule has 0 amide bonds. The van der Waals surface area contributed by atoms with Gasteiger partial charge in [-0.15, -0.1) is 0 Å². The van der Waals surface area contributed by atoms with E-state index < -0.39 is 0 Å². The first-order chi connectivity index (χ1) is 8.36. The van der Waals surface area contributed by atoms with Crippen LogP contribution in [0.15, 0.2) is 28.8 Å². The van der Waals surface area contributed by atoms with Gasteiger partial charge in [-0.3, -0.25) is 0 Å². The quantitative estimate of drug-likeness (QED) is 0.878. The molecule has 4 heteroatoms. The molecule has 1 aliphatic rings. The molecule has 1 aliphatic carbocycles. The van der Waals surface area contributed by atoms with E-state index in [0.29, 0.717) is 11.9 Å². The molecule has 1 aromatic heterocycles. The van der Waals surface area contributed by atoms with Crippen molar-refractivity contribution in [3.63, 3.8) is 0 Å². The average molecular weight is 229 g/mol. The smallest absolute Gasteiger partial charge is 0.321 e. The summed E-state index contributed by atoms with van der Waals surface area (Å²) < 4.78 is 5.14. The molecule has 0 radical (unpaired) electrons. The van der Waals surface area contributed by atoms with Gasteiger partial charge in [0.05, 0.1) is 0 Å². The van der Waals surface area contributed by atoms with Crippen molar-refractivity contribution in [1.82, 2.24) is 10.1 Å². The van der Waals surface area contributed by atoms with Gasteiger partial charge in [0.25, 0.3) is 0 Å². The fourth-order valence-electron chi connectivity index (χ4n) is 2.37. The second kappa shape index (κ2) is 4.20. The van der Waals surface area contributed by atoms with Gasteiger partial charge in [-0.1, -0.05) is 29.4 Å². The first-order valence-electron chi connectivity index (χ1n) is 6.01. The fourth-order valence-corrected chi connectivity index (χ4v) is 2.37. The van der Waals surface area contributed by atoms with E-state index in [2.05, 4.69) is 39.7 Å². The van der Waals surface area contributed by atoms with Crippen molar-refractivity contribution in [3.8, 4) is 0 Å². The van der Waals surface area contributed by atoms with Crippen LogP contribution in [0, 0.1) is 0 Å². The maximum Gasteiger partial charge on any atom is 0.321 e. The van der Waals surface area contributed by atoms with E-state index in [0.717, 1.165) is 25.2 Å². The maximum absolute atomic E-state index is 5.14. The Morgan fingerprint density at radius 2 is 2.00 bits per heavy atom. The van der Waals surface area contributed by atoms with Crippen LogP contribution in [-0.4, -0.2) is 16.7 Å². The van der Waals surface area contributed by atoms with E-state index >= 15 is 0 Å². The molecule has 4 nitrogen and oxygen atoms in total. The molecule has 2 aromatic rings. The lowest BCUT2D eigenvalue weighted by Gasteiger charge is -2.00. The summed E-state index contributed by atoms with van der Waals surface area (Å²) in [4.78, 5) is 4.38. The van der Waals surface area contributed by atoms with E-state index in [1.807, 2.05) is 6.92 Å². The molecule has 0 atom stereocenters. The number of anilines is 1. The van der Waals surface area contributed by atoms with Crippen molar-refractivity contribution in [3.05, 3.63) is 41.2 Å². The molecule has 1 aromatic carbocycles. The molecular formula is C13H15N3O. The zero-order chi connectivity index (χ0) is 11.7. The Bertz CT molecular complexity index is 496. The third kappa shape index (κ3) is 1.90. The fraction of sp³-hybridized carbons (Fsp3) is 0.385. The topological polar surface area (TPSA) is 51.0 Å². The monoisotopic (exact) mass is 229 g/mol. The summed E-state index contributed by atoms with van der Waals surface area (Å²) >= 11 is 0. The lowest BCUT2D eigenvalue weighted by Crippen LogP contribution is -2.01. The third-order valence-electron chi connectivity index (χ3n) is 3.19. The highest BCUT2D eigenvalue weighted by atomic mass is 16.5. The van der Waals surface area contributed by atoms with Gasteiger partial charge in [0, 0.05) is 12.5 Å². The predicted molar refractivity (Wildman–Crippen MR) is 65.1 cm³/mol. The van der Waals surface area contributed by atoms with Crippen molar-refractivity contribution in [2.75, 3.05) is 11.9 Å². The Morgan fingerprint density at radius 1 is 1.29 bits per heavy atom. The molecule has 88 valence electrons. The van der Waals surface area contributed by atoms with Crippen molar-refractivity contribution in [1.29, 1.82) is 0 Å². The van der Waals surface area contributed by atoms with E-state index in [1.54, 1.807) is 0 Å². The first-order valence-corrected chi connectivity index (χ1v) is 6.01. The molecule has 0 fully saturated rings. The Balaban J connectivity index is 1.79. The zero-order valence-corrected chi connectivity index (χ0v) is 9.81. The first kappa shape index (κ1) is 10.3. The highest BCUT2D eigenvalue weighted by Crippen LogP contribution is 2.32.